The van der Waals surface area contributed by atoms with Crippen molar-refractivity contribution in [2.75, 3.05) is 38.4 Å². The molecule has 0 aliphatic rings. The predicted octanol–water partition coefficient (Wildman–Crippen LogP) is 0.785. The number of aromatic nitrogens is 2. The van der Waals surface area contributed by atoms with E-state index in [1.54, 1.807) is 14.2 Å². The summed E-state index contributed by atoms with van der Waals surface area (Å²) >= 11 is 5.88. The van der Waals surface area contributed by atoms with Crippen LogP contribution < -0.4 is 11.1 Å². The molecule has 1 atom stereocenters. The van der Waals surface area contributed by atoms with E-state index < -0.39 is 0 Å². The Bertz CT molecular complexity index is 337. The Morgan fingerprint density at radius 1 is 1.56 bits per heavy atom. The zero-order valence-electron chi connectivity index (χ0n) is 9.24. The smallest absolute Gasteiger partial charge is 0.222 e. The van der Waals surface area contributed by atoms with Crippen molar-refractivity contribution in [2.45, 2.75) is 6.10 Å². The Balaban J connectivity index is 2.55. The van der Waals surface area contributed by atoms with Gasteiger partial charge < -0.3 is 20.5 Å². The summed E-state index contributed by atoms with van der Waals surface area (Å²) in [6.07, 6.45) is 1.38. The van der Waals surface area contributed by atoms with Crippen LogP contribution in [-0.2, 0) is 9.47 Å². The minimum absolute atomic E-state index is 0.0720. The molecule has 1 heterocycles. The van der Waals surface area contributed by atoms with Gasteiger partial charge in [0.05, 0.1) is 18.9 Å². The molecule has 0 amide bonds. The van der Waals surface area contributed by atoms with Gasteiger partial charge in [0.15, 0.2) is 5.82 Å². The quantitative estimate of drug-likeness (QED) is 0.772. The van der Waals surface area contributed by atoms with E-state index in [0.29, 0.717) is 24.0 Å². The zero-order chi connectivity index (χ0) is 12.0. The van der Waals surface area contributed by atoms with Gasteiger partial charge in [-0.2, -0.15) is 4.98 Å². The number of nitrogens with one attached hydrogen (secondary N) is 1. The minimum atomic E-state index is -0.0720. The number of hydrogen-bond acceptors (Lipinski definition) is 6. The van der Waals surface area contributed by atoms with Crippen molar-refractivity contribution in [3.8, 4) is 0 Å². The molecule has 16 heavy (non-hydrogen) atoms. The van der Waals surface area contributed by atoms with Crippen LogP contribution in [0.5, 0.6) is 0 Å². The summed E-state index contributed by atoms with van der Waals surface area (Å²) in [5, 5.41) is 3.44. The summed E-state index contributed by atoms with van der Waals surface area (Å²) in [4.78, 5) is 7.73. The van der Waals surface area contributed by atoms with Crippen molar-refractivity contribution in [1.82, 2.24) is 9.97 Å². The standard InChI is InChI=1S/C9H15ClN4O2/c1-15-5-6(16-2)3-12-8-7(10)4-13-9(11)14-8/h4,6H,3,5H2,1-2H3,(H3,11,12,13,14). The maximum Gasteiger partial charge on any atom is 0.222 e. The summed E-state index contributed by atoms with van der Waals surface area (Å²) in [5.41, 5.74) is 5.45. The van der Waals surface area contributed by atoms with Gasteiger partial charge >= 0.3 is 0 Å². The Kier molecular flexibility index (Phi) is 5.24. The lowest BCUT2D eigenvalue weighted by atomic mass is 10.3. The zero-order valence-corrected chi connectivity index (χ0v) is 9.99. The molecule has 0 aliphatic heterocycles. The highest BCUT2D eigenvalue weighted by Crippen LogP contribution is 2.18. The van der Waals surface area contributed by atoms with Crippen LogP contribution in [0.25, 0.3) is 0 Å². The first-order chi connectivity index (χ1) is 7.67. The van der Waals surface area contributed by atoms with Crippen LogP contribution in [0, 0.1) is 0 Å². The van der Waals surface area contributed by atoms with E-state index in [9.17, 15) is 0 Å². The molecular formula is C9H15ClN4O2. The highest BCUT2D eigenvalue weighted by molar-refractivity contribution is 6.32. The molecule has 1 rings (SSSR count). The van der Waals surface area contributed by atoms with Crippen LogP contribution in [0.15, 0.2) is 6.20 Å². The van der Waals surface area contributed by atoms with Crippen molar-refractivity contribution in [3.05, 3.63) is 11.2 Å². The third-order valence-electron chi connectivity index (χ3n) is 1.95. The maximum absolute atomic E-state index is 5.88. The van der Waals surface area contributed by atoms with Gasteiger partial charge in [0.1, 0.15) is 5.02 Å². The highest BCUT2D eigenvalue weighted by atomic mass is 35.5. The lowest BCUT2D eigenvalue weighted by Crippen LogP contribution is -2.27. The third kappa shape index (κ3) is 3.80. The van der Waals surface area contributed by atoms with Gasteiger partial charge in [-0.05, 0) is 0 Å². The molecule has 0 saturated carbocycles. The maximum atomic E-state index is 5.88. The first-order valence-electron chi connectivity index (χ1n) is 4.71. The van der Waals surface area contributed by atoms with Gasteiger partial charge in [-0.15, -0.1) is 0 Å². The number of nitrogens with two attached hydrogens (primary N) is 1. The lowest BCUT2D eigenvalue weighted by molar-refractivity contribution is 0.0365. The van der Waals surface area contributed by atoms with Gasteiger partial charge in [0.2, 0.25) is 5.95 Å². The summed E-state index contributed by atoms with van der Waals surface area (Å²) in [6, 6.07) is 0. The molecule has 1 aromatic heterocycles. The number of methoxy groups -OCH3 is 2. The van der Waals surface area contributed by atoms with Gasteiger partial charge in [0.25, 0.3) is 0 Å². The van der Waals surface area contributed by atoms with E-state index in [0.717, 1.165) is 0 Å². The van der Waals surface area contributed by atoms with E-state index in [4.69, 9.17) is 26.8 Å². The fraction of sp³-hybridized carbons (Fsp3) is 0.556. The Labute approximate surface area is 99.1 Å². The largest absolute Gasteiger partial charge is 0.382 e. The molecule has 0 aliphatic carbocycles. The normalized spacial score (nSPS) is 12.4. The van der Waals surface area contributed by atoms with Crippen molar-refractivity contribution in [2.24, 2.45) is 0 Å². The second kappa shape index (κ2) is 6.47. The third-order valence-corrected chi connectivity index (χ3v) is 2.22. The number of nitrogens with zero attached hydrogens (tertiary/aromatic N) is 2. The fourth-order valence-electron chi connectivity index (χ4n) is 1.11. The molecule has 0 saturated heterocycles. The van der Waals surface area contributed by atoms with Crippen LogP contribution in [0.1, 0.15) is 0 Å². The number of hydrogen-bond donors (Lipinski definition) is 2. The van der Waals surface area contributed by atoms with E-state index in [2.05, 4.69) is 15.3 Å². The second-order valence-corrected chi connectivity index (χ2v) is 3.53. The minimum Gasteiger partial charge on any atom is -0.382 e. The summed E-state index contributed by atoms with van der Waals surface area (Å²) < 4.78 is 10.2. The highest BCUT2D eigenvalue weighted by Gasteiger charge is 2.09. The van der Waals surface area contributed by atoms with E-state index in [-0.39, 0.29) is 12.1 Å². The van der Waals surface area contributed by atoms with Crippen molar-refractivity contribution in [1.29, 1.82) is 0 Å². The molecule has 90 valence electrons. The van der Waals surface area contributed by atoms with Gasteiger partial charge in [0, 0.05) is 20.8 Å². The molecule has 1 aromatic rings. The molecule has 6 nitrogen and oxygen atoms in total. The molecular weight excluding hydrogens is 232 g/mol. The lowest BCUT2D eigenvalue weighted by Gasteiger charge is -2.15. The monoisotopic (exact) mass is 246 g/mol. The number of rotatable bonds is 6. The fourth-order valence-corrected chi connectivity index (χ4v) is 1.27. The number of anilines is 2. The summed E-state index contributed by atoms with van der Waals surface area (Å²) in [6.45, 7) is 1.02. The first kappa shape index (κ1) is 13.0. The van der Waals surface area contributed by atoms with Crippen LogP contribution in [0.3, 0.4) is 0 Å². The topological polar surface area (TPSA) is 82.3 Å². The van der Waals surface area contributed by atoms with E-state index >= 15 is 0 Å². The molecule has 7 heteroatoms. The number of nitrogen functional groups attached to an aromatic ring is 1. The Morgan fingerprint density at radius 2 is 2.31 bits per heavy atom. The van der Waals surface area contributed by atoms with Crippen LogP contribution in [0.2, 0.25) is 5.02 Å². The molecule has 0 bridgehead atoms. The van der Waals surface area contributed by atoms with Crippen molar-refractivity contribution < 1.29 is 9.47 Å². The molecule has 3 N–H and O–H groups in total. The van der Waals surface area contributed by atoms with Crippen molar-refractivity contribution in [3.63, 3.8) is 0 Å². The Hall–Kier alpha value is -1.11. The molecule has 0 fully saturated rings. The van der Waals surface area contributed by atoms with Gasteiger partial charge in [-0.25, -0.2) is 4.98 Å². The van der Waals surface area contributed by atoms with Crippen LogP contribution in [0.4, 0.5) is 11.8 Å². The van der Waals surface area contributed by atoms with Gasteiger partial charge in [-0.1, -0.05) is 11.6 Å². The summed E-state index contributed by atoms with van der Waals surface area (Å²) in [7, 11) is 3.23. The second-order valence-electron chi connectivity index (χ2n) is 3.12. The first-order valence-corrected chi connectivity index (χ1v) is 5.08. The molecule has 0 radical (unpaired) electrons. The SMILES string of the molecule is COCC(CNc1nc(N)ncc1Cl)OC. The van der Waals surface area contributed by atoms with Crippen LogP contribution in [-0.4, -0.2) is 43.4 Å². The van der Waals surface area contributed by atoms with Crippen LogP contribution >= 0.6 is 11.6 Å². The van der Waals surface area contributed by atoms with E-state index in [1.165, 1.54) is 6.20 Å². The molecule has 1 unspecified atom stereocenters. The number of ether oxygens (including phenoxy) is 2. The van der Waals surface area contributed by atoms with Gasteiger partial charge in [-0.3, -0.25) is 0 Å². The average molecular weight is 247 g/mol. The Morgan fingerprint density at radius 3 is 2.94 bits per heavy atom. The molecule has 0 spiro atoms. The molecule has 0 aromatic carbocycles. The average Bonchev–Trinajstić information content (AvgIpc) is 2.28. The summed E-state index contributed by atoms with van der Waals surface area (Å²) in [5.74, 6) is 0.667. The van der Waals surface area contributed by atoms with E-state index in [1.807, 2.05) is 0 Å². The van der Waals surface area contributed by atoms with Crippen molar-refractivity contribution >= 4 is 23.4 Å². The predicted molar refractivity (Wildman–Crippen MR) is 62.6 cm³/mol. The number of halogens is 1.